The summed E-state index contributed by atoms with van der Waals surface area (Å²) in [5, 5.41) is 11.6. The van der Waals surface area contributed by atoms with Gasteiger partial charge in [0, 0.05) is 36.8 Å². The smallest absolute Gasteiger partial charge is 0.243 e. The second-order valence-corrected chi connectivity index (χ2v) is 9.34. The van der Waals surface area contributed by atoms with Gasteiger partial charge < -0.3 is 10.2 Å². The molecule has 150 valence electrons. The monoisotopic (exact) mass is 474 g/mol. The van der Waals surface area contributed by atoms with E-state index in [0.717, 1.165) is 16.0 Å². The van der Waals surface area contributed by atoms with Gasteiger partial charge in [-0.05, 0) is 48.5 Å². The van der Waals surface area contributed by atoms with Gasteiger partial charge in [0.2, 0.25) is 10.0 Å². The number of hydrogen-bond donors (Lipinski definition) is 1. The number of benzene rings is 1. The number of nitrogens with zero attached hydrogens (tertiary/aromatic N) is 5. The number of anilines is 3. The van der Waals surface area contributed by atoms with Crippen molar-refractivity contribution in [2.75, 3.05) is 36.4 Å². The SMILES string of the molecule is O=S(=O)(c1ccc(Br)cc1)N1CCN(c2ccc(Nc3cccnc3)nn2)CC1. The molecule has 4 rings (SSSR count). The van der Waals surface area contributed by atoms with Gasteiger partial charge in [-0.25, -0.2) is 8.42 Å². The van der Waals surface area contributed by atoms with Crippen LogP contribution in [-0.4, -0.2) is 54.1 Å². The van der Waals surface area contributed by atoms with Crippen LogP contribution < -0.4 is 10.2 Å². The molecule has 10 heteroatoms. The molecule has 0 unspecified atom stereocenters. The molecule has 2 aromatic heterocycles. The van der Waals surface area contributed by atoms with E-state index in [2.05, 4.69) is 36.4 Å². The van der Waals surface area contributed by atoms with Gasteiger partial charge in [-0.3, -0.25) is 4.98 Å². The Balaban J connectivity index is 1.38. The Kier molecular flexibility index (Phi) is 5.74. The number of rotatable bonds is 5. The Bertz CT molecular complexity index is 1050. The Hall–Kier alpha value is -2.56. The predicted molar refractivity (Wildman–Crippen MR) is 115 cm³/mol. The average Bonchev–Trinajstić information content (AvgIpc) is 2.75. The number of aromatic nitrogens is 3. The van der Waals surface area contributed by atoms with Crippen LogP contribution in [0.5, 0.6) is 0 Å². The van der Waals surface area contributed by atoms with Gasteiger partial charge in [0.15, 0.2) is 11.6 Å². The lowest BCUT2D eigenvalue weighted by Gasteiger charge is -2.34. The molecule has 1 aliphatic heterocycles. The van der Waals surface area contributed by atoms with Gasteiger partial charge in [-0.2, -0.15) is 4.31 Å². The maximum absolute atomic E-state index is 12.8. The molecule has 29 heavy (non-hydrogen) atoms. The fourth-order valence-corrected chi connectivity index (χ4v) is 4.74. The van der Waals surface area contributed by atoms with Crippen molar-refractivity contribution in [3.05, 3.63) is 65.4 Å². The molecule has 0 spiro atoms. The first-order valence-electron chi connectivity index (χ1n) is 9.04. The molecule has 1 saturated heterocycles. The van der Waals surface area contributed by atoms with Crippen LogP contribution in [-0.2, 0) is 10.0 Å². The molecule has 1 fully saturated rings. The molecule has 1 aromatic carbocycles. The first kappa shape index (κ1) is 19.7. The number of pyridine rings is 1. The van der Waals surface area contributed by atoms with Crippen LogP contribution in [0.3, 0.4) is 0 Å². The van der Waals surface area contributed by atoms with E-state index in [-0.39, 0.29) is 0 Å². The second-order valence-electron chi connectivity index (χ2n) is 6.49. The largest absolute Gasteiger partial charge is 0.352 e. The molecular formula is C19H19BrN6O2S. The van der Waals surface area contributed by atoms with Crippen molar-refractivity contribution in [2.24, 2.45) is 0 Å². The summed E-state index contributed by atoms with van der Waals surface area (Å²) in [5.74, 6) is 1.35. The maximum Gasteiger partial charge on any atom is 0.243 e. The molecule has 3 heterocycles. The zero-order valence-corrected chi connectivity index (χ0v) is 17.8. The van der Waals surface area contributed by atoms with Crippen molar-refractivity contribution in [1.29, 1.82) is 0 Å². The molecule has 0 bridgehead atoms. The van der Waals surface area contributed by atoms with Gasteiger partial charge >= 0.3 is 0 Å². The van der Waals surface area contributed by atoms with Crippen LogP contribution in [0.1, 0.15) is 0 Å². The summed E-state index contributed by atoms with van der Waals surface area (Å²) in [6.45, 7) is 1.91. The minimum absolute atomic E-state index is 0.305. The van der Waals surface area contributed by atoms with Crippen LogP contribution in [0, 0.1) is 0 Å². The summed E-state index contributed by atoms with van der Waals surface area (Å²) in [6, 6.07) is 14.2. The van der Waals surface area contributed by atoms with Crippen LogP contribution in [0.2, 0.25) is 0 Å². The van der Waals surface area contributed by atoms with Gasteiger partial charge in [0.25, 0.3) is 0 Å². The average molecular weight is 475 g/mol. The summed E-state index contributed by atoms with van der Waals surface area (Å²) in [6.07, 6.45) is 3.41. The summed E-state index contributed by atoms with van der Waals surface area (Å²) < 4.78 is 28.0. The highest BCUT2D eigenvalue weighted by molar-refractivity contribution is 9.10. The van der Waals surface area contributed by atoms with Crippen LogP contribution >= 0.6 is 15.9 Å². The van der Waals surface area contributed by atoms with Gasteiger partial charge in [0.1, 0.15) is 0 Å². The lowest BCUT2D eigenvalue weighted by atomic mass is 10.3. The fraction of sp³-hybridized carbons (Fsp3) is 0.211. The zero-order valence-electron chi connectivity index (χ0n) is 15.4. The van der Waals surface area contributed by atoms with Crippen LogP contribution in [0.25, 0.3) is 0 Å². The van der Waals surface area contributed by atoms with Crippen molar-refractivity contribution in [1.82, 2.24) is 19.5 Å². The first-order valence-corrected chi connectivity index (χ1v) is 11.3. The van der Waals surface area contributed by atoms with Crippen molar-refractivity contribution in [3.63, 3.8) is 0 Å². The van der Waals surface area contributed by atoms with Crippen molar-refractivity contribution in [2.45, 2.75) is 4.90 Å². The molecule has 1 aliphatic rings. The highest BCUT2D eigenvalue weighted by Crippen LogP contribution is 2.22. The quantitative estimate of drug-likeness (QED) is 0.607. The Morgan fingerprint density at radius 1 is 0.931 bits per heavy atom. The Labute approximate surface area is 177 Å². The van der Waals surface area contributed by atoms with Crippen molar-refractivity contribution < 1.29 is 8.42 Å². The Morgan fingerprint density at radius 3 is 2.31 bits per heavy atom. The first-order chi connectivity index (χ1) is 14.0. The van der Waals surface area contributed by atoms with E-state index in [1.54, 1.807) is 36.7 Å². The van der Waals surface area contributed by atoms with E-state index in [9.17, 15) is 8.42 Å². The second kappa shape index (κ2) is 8.44. The lowest BCUT2D eigenvalue weighted by molar-refractivity contribution is 0.383. The number of hydrogen-bond acceptors (Lipinski definition) is 7. The molecule has 0 amide bonds. The molecule has 0 atom stereocenters. The summed E-state index contributed by atoms with van der Waals surface area (Å²) in [7, 11) is -3.49. The molecule has 3 aromatic rings. The van der Waals surface area contributed by atoms with Gasteiger partial charge in [-0.1, -0.05) is 15.9 Å². The number of sulfonamides is 1. The molecule has 0 saturated carbocycles. The summed E-state index contributed by atoms with van der Waals surface area (Å²) in [4.78, 5) is 6.39. The minimum atomic E-state index is -3.49. The third kappa shape index (κ3) is 4.55. The van der Waals surface area contributed by atoms with Crippen LogP contribution in [0.15, 0.2) is 70.3 Å². The van der Waals surface area contributed by atoms with E-state index in [4.69, 9.17) is 0 Å². The topological polar surface area (TPSA) is 91.3 Å². The van der Waals surface area contributed by atoms with E-state index in [1.165, 1.54) is 4.31 Å². The lowest BCUT2D eigenvalue weighted by Crippen LogP contribution is -2.48. The number of nitrogens with one attached hydrogen (secondary N) is 1. The third-order valence-electron chi connectivity index (χ3n) is 4.60. The molecule has 8 nitrogen and oxygen atoms in total. The molecule has 0 aliphatic carbocycles. The number of halogens is 1. The maximum atomic E-state index is 12.8. The zero-order chi connectivity index (χ0) is 20.3. The fourth-order valence-electron chi connectivity index (χ4n) is 3.06. The molecule has 1 N–H and O–H groups in total. The molecule has 0 radical (unpaired) electrons. The van der Waals surface area contributed by atoms with Gasteiger partial charge in [-0.15, -0.1) is 10.2 Å². The number of piperazine rings is 1. The standard InChI is InChI=1S/C19H19BrN6O2S/c20-15-3-5-17(6-4-15)29(27,28)26-12-10-25(11-13-26)19-8-7-18(23-24-19)22-16-2-1-9-21-14-16/h1-9,14H,10-13H2,(H,22,23). The van der Waals surface area contributed by atoms with E-state index >= 15 is 0 Å². The normalized spacial score (nSPS) is 15.3. The van der Waals surface area contributed by atoms with E-state index in [1.807, 2.05) is 29.2 Å². The minimum Gasteiger partial charge on any atom is -0.352 e. The highest BCUT2D eigenvalue weighted by atomic mass is 79.9. The summed E-state index contributed by atoms with van der Waals surface area (Å²) in [5.41, 5.74) is 0.835. The summed E-state index contributed by atoms with van der Waals surface area (Å²) >= 11 is 3.33. The molecular weight excluding hydrogens is 456 g/mol. The van der Waals surface area contributed by atoms with Crippen molar-refractivity contribution >= 4 is 43.3 Å². The van der Waals surface area contributed by atoms with Crippen molar-refractivity contribution in [3.8, 4) is 0 Å². The third-order valence-corrected chi connectivity index (χ3v) is 7.04. The highest BCUT2D eigenvalue weighted by Gasteiger charge is 2.29. The van der Waals surface area contributed by atoms with Gasteiger partial charge in [0.05, 0.1) is 16.8 Å². The predicted octanol–water partition coefficient (Wildman–Crippen LogP) is 2.89. The van der Waals surface area contributed by atoms with E-state index < -0.39 is 10.0 Å². The van der Waals surface area contributed by atoms with E-state index in [0.29, 0.717) is 36.9 Å². The van der Waals surface area contributed by atoms with Crippen LogP contribution in [0.4, 0.5) is 17.3 Å². The Morgan fingerprint density at radius 2 is 1.69 bits per heavy atom.